The fourth-order valence-electron chi connectivity index (χ4n) is 3.21. The van der Waals surface area contributed by atoms with Crippen molar-refractivity contribution in [2.24, 2.45) is 0 Å². The van der Waals surface area contributed by atoms with Gasteiger partial charge in [0.2, 0.25) is 5.91 Å². The van der Waals surface area contributed by atoms with Crippen LogP contribution in [0.3, 0.4) is 0 Å². The van der Waals surface area contributed by atoms with Gasteiger partial charge >= 0.3 is 0 Å². The molecule has 6 heteroatoms. The van der Waals surface area contributed by atoms with Gasteiger partial charge in [-0.25, -0.2) is 4.98 Å². The first-order chi connectivity index (χ1) is 12.2. The van der Waals surface area contributed by atoms with E-state index in [4.69, 9.17) is 4.52 Å². The Hall–Kier alpha value is -2.89. The highest BCUT2D eigenvalue weighted by molar-refractivity contribution is 5.86. The summed E-state index contributed by atoms with van der Waals surface area (Å²) in [6, 6.07) is 11.8. The number of rotatable bonds is 3. The number of piperazine rings is 1. The molecular formula is C19H20N4O2. The standard InChI is InChI=1S/C19H20N4O2/c1-14-5-6-17-15(12-14)16(21-25-17)13-19(24)23-10-8-22(9-11-23)18-4-2-3-7-20-18/h2-7,12H,8-11,13H2,1H3. The highest BCUT2D eigenvalue weighted by Gasteiger charge is 2.23. The Morgan fingerprint density at radius 2 is 2.00 bits per heavy atom. The summed E-state index contributed by atoms with van der Waals surface area (Å²) < 4.78 is 5.33. The Kier molecular flexibility index (Phi) is 4.09. The molecule has 1 saturated heterocycles. The lowest BCUT2D eigenvalue weighted by Crippen LogP contribution is -2.49. The van der Waals surface area contributed by atoms with Gasteiger partial charge in [-0.2, -0.15) is 0 Å². The summed E-state index contributed by atoms with van der Waals surface area (Å²) >= 11 is 0. The van der Waals surface area contributed by atoms with Gasteiger partial charge < -0.3 is 14.3 Å². The molecule has 0 aliphatic carbocycles. The van der Waals surface area contributed by atoms with E-state index in [1.165, 1.54) is 0 Å². The molecule has 1 aliphatic rings. The number of aromatic nitrogens is 2. The molecule has 4 rings (SSSR count). The SMILES string of the molecule is Cc1ccc2onc(CC(=O)N3CCN(c4ccccn4)CC3)c2c1. The normalized spacial score (nSPS) is 14.9. The summed E-state index contributed by atoms with van der Waals surface area (Å²) in [5.41, 5.74) is 2.58. The van der Waals surface area contributed by atoms with Gasteiger partial charge in [0, 0.05) is 37.8 Å². The quantitative estimate of drug-likeness (QED) is 0.735. The highest BCUT2D eigenvalue weighted by Crippen LogP contribution is 2.21. The number of amides is 1. The Morgan fingerprint density at radius 1 is 1.16 bits per heavy atom. The van der Waals surface area contributed by atoms with Crippen LogP contribution in [0, 0.1) is 6.92 Å². The molecule has 6 nitrogen and oxygen atoms in total. The molecule has 1 amide bonds. The topological polar surface area (TPSA) is 62.5 Å². The van der Waals surface area contributed by atoms with E-state index in [1.807, 2.05) is 48.2 Å². The molecule has 1 fully saturated rings. The minimum Gasteiger partial charge on any atom is -0.356 e. The zero-order valence-corrected chi connectivity index (χ0v) is 14.2. The van der Waals surface area contributed by atoms with E-state index in [0.717, 1.165) is 41.1 Å². The molecule has 3 aromatic rings. The summed E-state index contributed by atoms with van der Waals surface area (Å²) in [7, 11) is 0. The number of aryl methyl sites for hydroxylation is 1. The van der Waals surface area contributed by atoms with Gasteiger partial charge in [0.05, 0.1) is 6.42 Å². The van der Waals surface area contributed by atoms with Crippen molar-refractivity contribution in [2.45, 2.75) is 13.3 Å². The molecule has 0 N–H and O–H groups in total. The second-order valence-electron chi connectivity index (χ2n) is 6.36. The molecule has 0 bridgehead atoms. The van der Waals surface area contributed by atoms with Gasteiger partial charge in [0.1, 0.15) is 11.5 Å². The fraction of sp³-hybridized carbons (Fsp3) is 0.316. The number of fused-ring (bicyclic) bond motifs is 1. The molecule has 0 radical (unpaired) electrons. The largest absolute Gasteiger partial charge is 0.356 e. The van der Waals surface area contributed by atoms with Gasteiger partial charge in [-0.3, -0.25) is 4.79 Å². The first-order valence-corrected chi connectivity index (χ1v) is 8.49. The number of hydrogen-bond donors (Lipinski definition) is 0. The van der Waals surface area contributed by atoms with Gasteiger partial charge in [-0.05, 0) is 31.2 Å². The second-order valence-corrected chi connectivity index (χ2v) is 6.36. The van der Waals surface area contributed by atoms with Crippen molar-refractivity contribution in [3.05, 3.63) is 53.9 Å². The number of carbonyl (C=O) groups is 1. The second kappa shape index (κ2) is 6.55. The third kappa shape index (κ3) is 3.20. The van der Waals surface area contributed by atoms with Crippen molar-refractivity contribution < 1.29 is 9.32 Å². The van der Waals surface area contributed by atoms with Crippen LogP contribution in [0.4, 0.5) is 5.82 Å². The van der Waals surface area contributed by atoms with Crippen LogP contribution in [-0.2, 0) is 11.2 Å². The fourth-order valence-corrected chi connectivity index (χ4v) is 3.21. The van der Waals surface area contributed by atoms with Gasteiger partial charge in [-0.1, -0.05) is 22.9 Å². The van der Waals surface area contributed by atoms with Crippen molar-refractivity contribution in [2.75, 3.05) is 31.1 Å². The summed E-state index contributed by atoms with van der Waals surface area (Å²) in [5, 5.41) is 5.02. The third-order valence-corrected chi connectivity index (χ3v) is 4.62. The number of hydrogen-bond acceptors (Lipinski definition) is 5. The first kappa shape index (κ1) is 15.6. The Bertz CT molecular complexity index is 883. The van der Waals surface area contributed by atoms with Crippen LogP contribution in [0.15, 0.2) is 47.1 Å². The highest BCUT2D eigenvalue weighted by atomic mass is 16.5. The number of carbonyl (C=O) groups excluding carboxylic acids is 1. The minimum atomic E-state index is 0.0948. The minimum absolute atomic E-state index is 0.0948. The smallest absolute Gasteiger partial charge is 0.228 e. The van der Waals surface area contributed by atoms with E-state index in [9.17, 15) is 4.79 Å². The van der Waals surface area contributed by atoms with Crippen LogP contribution in [0.25, 0.3) is 11.0 Å². The van der Waals surface area contributed by atoms with E-state index >= 15 is 0 Å². The van der Waals surface area contributed by atoms with Crippen LogP contribution >= 0.6 is 0 Å². The average Bonchev–Trinajstić information content (AvgIpc) is 3.04. The monoisotopic (exact) mass is 336 g/mol. The molecule has 128 valence electrons. The maximum absolute atomic E-state index is 12.6. The van der Waals surface area contributed by atoms with E-state index in [0.29, 0.717) is 13.1 Å². The van der Waals surface area contributed by atoms with Crippen LogP contribution in [0.2, 0.25) is 0 Å². The van der Waals surface area contributed by atoms with E-state index in [-0.39, 0.29) is 12.3 Å². The van der Waals surface area contributed by atoms with E-state index < -0.39 is 0 Å². The lowest BCUT2D eigenvalue weighted by Gasteiger charge is -2.35. The number of benzene rings is 1. The summed E-state index contributed by atoms with van der Waals surface area (Å²) in [6.45, 7) is 5.01. The summed E-state index contributed by atoms with van der Waals surface area (Å²) in [4.78, 5) is 21.1. The molecule has 0 atom stereocenters. The van der Waals surface area contributed by atoms with E-state index in [1.54, 1.807) is 6.20 Å². The van der Waals surface area contributed by atoms with Gasteiger partial charge in [0.25, 0.3) is 0 Å². The molecule has 0 saturated carbocycles. The van der Waals surface area contributed by atoms with Crippen molar-refractivity contribution in [1.82, 2.24) is 15.0 Å². The molecule has 2 aromatic heterocycles. The summed E-state index contributed by atoms with van der Waals surface area (Å²) in [6.07, 6.45) is 2.07. The predicted molar refractivity (Wildman–Crippen MR) is 95.5 cm³/mol. The van der Waals surface area contributed by atoms with E-state index in [2.05, 4.69) is 15.0 Å². The first-order valence-electron chi connectivity index (χ1n) is 8.49. The molecule has 0 unspecified atom stereocenters. The van der Waals surface area contributed by atoms with Crippen LogP contribution in [-0.4, -0.2) is 47.1 Å². The van der Waals surface area contributed by atoms with Gasteiger partial charge in [-0.15, -0.1) is 0 Å². The number of nitrogens with zero attached hydrogens (tertiary/aromatic N) is 4. The third-order valence-electron chi connectivity index (χ3n) is 4.62. The van der Waals surface area contributed by atoms with Crippen LogP contribution in [0.5, 0.6) is 0 Å². The molecule has 1 aliphatic heterocycles. The maximum Gasteiger partial charge on any atom is 0.228 e. The Morgan fingerprint density at radius 3 is 2.76 bits per heavy atom. The van der Waals surface area contributed by atoms with Crippen molar-refractivity contribution in [1.29, 1.82) is 0 Å². The Labute approximate surface area is 146 Å². The molecule has 3 heterocycles. The molecule has 1 aromatic carbocycles. The molecule has 0 spiro atoms. The average molecular weight is 336 g/mol. The summed E-state index contributed by atoms with van der Waals surface area (Å²) in [5.74, 6) is 1.06. The van der Waals surface area contributed by atoms with Crippen LogP contribution in [0.1, 0.15) is 11.3 Å². The predicted octanol–water partition coefficient (Wildman–Crippen LogP) is 2.42. The zero-order chi connectivity index (χ0) is 17.2. The Balaban J connectivity index is 1.41. The lowest BCUT2D eigenvalue weighted by molar-refractivity contribution is -0.130. The maximum atomic E-state index is 12.6. The molecular weight excluding hydrogens is 316 g/mol. The zero-order valence-electron chi connectivity index (χ0n) is 14.2. The van der Waals surface area contributed by atoms with Crippen molar-refractivity contribution in [3.63, 3.8) is 0 Å². The molecule has 25 heavy (non-hydrogen) atoms. The van der Waals surface area contributed by atoms with Crippen LogP contribution < -0.4 is 4.90 Å². The number of pyridine rings is 1. The number of anilines is 1. The van der Waals surface area contributed by atoms with Gasteiger partial charge in [0.15, 0.2) is 5.58 Å². The van der Waals surface area contributed by atoms with Crippen molar-refractivity contribution in [3.8, 4) is 0 Å². The lowest BCUT2D eigenvalue weighted by atomic mass is 10.1. The van der Waals surface area contributed by atoms with Crippen molar-refractivity contribution >= 4 is 22.7 Å².